The molecule has 0 aromatic carbocycles. The Hall–Kier alpha value is 0.137. The zero-order valence-corrected chi connectivity index (χ0v) is 11.9. The Morgan fingerprint density at radius 3 is 2.50 bits per heavy atom. The van der Waals surface area contributed by atoms with Gasteiger partial charge < -0.3 is 9.74 Å². The molecular formula is C11H25NOSi. The molecule has 0 bridgehead atoms. The lowest BCUT2D eigenvalue weighted by molar-refractivity contribution is 0.111. The van der Waals surface area contributed by atoms with Crippen LogP contribution in [0.3, 0.4) is 0 Å². The molecule has 1 N–H and O–H groups in total. The molecule has 0 aromatic rings. The van der Waals surface area contributed by atoms with Crippen LogP contribution in [0.1, 0.15) is 52.4 Å². The van der Waals surface area contributed by atoms with Gasteiger partial charge in [-0.15, -0.1) is 0 Å². The van der Waals surface area contributed by atoms with E-state index in [0.29, 0.717) is 0 Å². The summed E-state index contributed by atoms with van der Waals surface area (Å²) in [5, 5.41) is 3.65. The topological polar surface area (TPSA) is 21.3 Å². The maximum absolute atomic E-state index is 5.53. The van der Waals surface area contributed by atoms with E-state index in [1.54, 1.807) is 0 Å². The highest BCUT2D eigenvalue weighted by Gasteiger charge is 2.17. The molecule has 0 atom stereocenters. The second-order valence-electron chi connectivity index (χ2n) is 5.00. The van der Waals surface area contributed by atoms with Crippen molar-refractivity contribution < 1.29 is 4.43 Å². The third kappa shape index (κ3) is 4.58. The summed E-state index contributed by atoms with van der Waals surface area (Å²) in [5.41, 5.74) is 0.0912. The van der Waals surface area contributed by atoms with Crippen molar-refractivity contribution in [3.8, 4) is 0 Å². The van der Waals surface area contributed by atoms with E-state index >= 15 is 0 Å². The van der Waals surface area contributed by atoms with Gasteiger partial charge in [0.05, 0.1) is 5.60 Å². The Balaban J connectivity index is 2.08. The van der Waals surface area contributed by atoms with Gasteiger partial charge in [-0.05, 0) is 39.7 Å². The average molecular weight is 215 g/mol. The molecule has 0 radical (unpaired) electrons. The summed E-state index contributed by atoms with van der Waals surface area (Å²) in [5.74, 6) is 0. The third-order valence-electron chi connectivity index (χ3n) is 3.32. The van der Waals surface area contributed by atoms with Crippen molar-refractivity contribution in [3.05, 3.63) is 0 Å². The second kappa shape index (κ2) is 5.88. The first-order valence-electron chi connectivity index (χ1n) is 5.92. The molecule has 84 valence electrons. The van der Waals surface area contributed by atoms with Gasteiger partial charge >= 0.3 is 0 Å². The molecule has 1 saturated carbocycles. The van der Waals surface area contributed by atoms with Crippen LogP contribution in [-0.4, -0.2) is 28.7 Å². The minimum Gasteiger partial charge on any atom is -0.423 e. The number of rotatable bonds is 5. The van der Waals surface area contributed by atoms with Crippen LogP contribution in [0.5, 0.6) is 0 Å². The molecule has 3 heteroatoms. The van der Waals surface area contributed by atoms with Crippen molar-refractivity contribution >= 4 is 10.5 Å². The first kappa shape index (κ1) is 12.2. The van der Waals surface area contributed by atoms with Gasteiger partial charge in [-0.2, -0.15) is 0 Å². The Morgan fingerprint density at radius 1 is 1.29 bits per heavy atom. The molecule has 1 aliphatic carbocycles. The Morgan fingerprint density at radius 2 is 1.93 bits per heavy atom. The molecule has 1 fully saturated rings. The van der Waals surface area contributed by atoms with Crippen molar-refractivity contribution in [2.75, 3.05) is 6.54 Å². The van der Waals surface area contributed by atoms with Gasteiger partial charge in [0.2, 0.25) is 0 Å². The van der Waals surface area contributed by atoms with E-state index < -0.39 is 0 Å². The minimum absolute atomic E-state index is 0.0912. The number of nitrogens with one attached hydrogen (secondary N) is 1. The largest absolute Gasteiger partial charge is 0.423 e. The van der Waals surface area contributed by atoms with Crippen molar-refractivity contribution in [2.45, 2.75) is 64.0 Å². The second-order valence-corrected chi connectivity index (χ2v) is 5.41. The molecule has 0 spiro atoms. The van der Waals surface area contributed by atoms with E-state index in [1.807, 2.05) is 0 Å². The van der Waals surface area contributed by atoms with Crippen molar-refractivity contribution in [3.63, 3.8) is 0 Å². The van der Waals surface area contributed by atoms with Crippen LogP contribution in [0, 0.1) is 0 Å². The molecule has 0 aromatic heterocycles. The lowest BCUT2D eigenvalue weighted by Crippen LogP contribution is -2.36. The Bertz CT molecular complexity index is 155. The third-order valence-corrected chi connectivity index (χ3v) is 4.42. The predicted molar refractivity (Wildman–Crippen MR) is 64.6 cm³/mol. The molecule has 0 heterocycles. The predicted octanol–water partition coefficient (Wildman–Crippen LogP) is 1.37. The van der Waals surface area contributed by atoms with Crippen molar-refractivity contribution in [1.29, 1.82) is 0 Å². The van der Waals surface area contributed by atoms with Crippen LogP contribution >= 0.6 is 0 Å². The zero-order valence-electron chi connectivity index (χ0n) is 9.94. The van der Waals surface area contributed by atoms with Crippen molar-refractivity contribution in [1.82, 2.24) is 5.32 Å². The monoisotopic (exact) mass is 215 g/mol. The first-order valence-corrected chi connectivity index (χ1v) is 6.74. The Labute approximate surface area is 91.3 Å². The summed E-state index contributed by atoms with van der Waals surface area (Å²) in [4.78, 5) is 0. The minimum atomic E-state index is 0.0912. The van der Waals surface area contributed by atoms with Gasteiger partial charge in [0.15, 0.2) is 0 Å². The quantitative estimate of drug-likeness (QED) is 0.700. The van der Waals surface area contributed by atoms with Gasteiger partial charge in [-0.25, -0.2) is 0 Å². The van der Waals surface area contributed by atoms with E-state index in [2.05, 4.69) is 19.2 Å². The normalized spacial score (nSPS) is 20.1. The number of hydrogen-bond acceptors (Lipinski definition) is 2. The SMILES string of the molecule is CC(C)(CCNC1CCCCC1)O[SiH3]. The van der Waals surface area contributed by atoms with Crippen LogP contribution in [0.25, 0.3) is 0 Å². The van der Waals surface area contributed by atoms with Gasteiger partial charge in [-0.3, -0.25) is 0 Å². The smallest absolute Gasteiger partial charge is 0.146 e. The molecule has 1 aliphatic rings. The van der Waals surface area contributed by atoms with E-state index in [4.69, 9.17) is 4.43 Å². The van der Waals surface area contributed by atoms with Crippen LogP contribution in [0.2, 0.25) is 0 Å². The molecule has 0 saturated heterocycles. The van der Waals surface area contributed by atoms with Crippen molar-refractivity contribution in [2.24, 2.45) is 0 Å². The highest BCUT2D eigenvalue weighted by atomic mass is 28.2. The lowest BCUT2D eigenvalue weighted by Gasteiger charge is -2.27. The summed E-state index contributed by atoms with van der Waals surface area (Å²) in [6.45, 7) is 5.48. The standard InChI is InChI=1S/C11H25NOSi/c1-11(2,13-14)8-9-12-10-6-4-3-5-7-10/h10,12H,3-9H2,1-2,14H3. The Kier molecular flexibility index (Phi) is 5.13. The molecule has 1 rings (SSSR count). The zero-order chi connectivity index (χ0) is 10.4. The van der Waals surface area contributed by atoms with Gasteiger partial charge in [0.1, 0.15) is 10.5 Å². The summed E-state index contributed by atoms with van der Waals surface area (Å²) in [6.07, 6.45) is 8.15. The summed E-state index contributed by atoms with van der Waals surface area (Å²) in [6, 6.07) is 0.786. The average Bonchev–Trinajstić information content (AvgIpc) is 2.19. The molecule has 2 nitrogen and oxygen atoms in total. The van der Waals surface area contributed by atoms with E-state index in [9.17, 15) is 0 Å². The molecular weight excluding hydrogens is 190 g/mol. The van der Waals surface area contributed by atoms with Crippen LogP contribution in [0.4, 0.5) is 0 Å². The maximum Gasteiger partial charge on any atom is 0.146 e. The van der Waals surface area contributed by atoms with Crippen LogP contribution in [0.15, 0.2) is 0 Å². The van der Waals surface area contributed by atoms with Crippen LogP contribution < -0.4 is 5.32 Å². The molecule has 0 unspecified atom stereocenters. The van der Waals surface area contributed by atoms with Gasteiger partial charge in [-0.1, -0.05) is 19.3 Å². The van der Waals surface area contributed by atoms with Crippen LogP contribution in [-0.2, 0) is 4.43 Å². The maximum atomic E-state index is 5.53. The fourth-order valence-corrected chi connectivity index (χ4v) is 2.19. The summed E-state index contributed by atoms with van der Waals surface area (Å²) < 4.78 is 5.53. The molecule has 14 heavy (non-hydrogen) atoms. The summed E-state index contributed by atoms with van der Waals surface area (Å²) in [7, 11) is 0.846. The molecule has 0 aliphatic heterocycles. The van der Waals surface area contributed by atoms with E-state index in [1.165, 1.54) is 32.1 Å². The highest BCUT2D eigenvalue weighted by molar-refractivity contribution is 5.98. The lowest BCUT2D eigenvalue weighted by atomic mass is 9.95. The number of hydrogen-bond donors (Lipinski definition) is 1. The molecule has 0 amide bonds. The van der Waals surface area contributed by atoms with E-state index in [-0.39, 0.29) is 5.60 Å². The highest BCUT2D eigenvalue weighted by Crippen LogP contribution is 2.18. The van der Waals surface area contributed by atoms with Gasteiger partial charge in [0.25, 0.3) is 0 Å². The van der Waals surface area contributed by atoms with Gasteiger partial charge in [0, 0.05) is 6.04 Å². The fourth-order valence-electron chi connectivity index (χ4n) is 1.99. The first-order chi connectivity index (χ1) is 6.64. The van der Waals surface area contributed by atoms with E-state index in [0.717, 1.165) is 29.5 Å². The summed E-state index contributed by atoms with van der Waals surface area (Å²) >= 11 is 0. The fraction of sp³-hybridized carbons (Fsp3) is 1.00.